The Morgan fingerprint density at radius 2 is 1.65 bits per heavy atom. The molecule has 2 aromatic carbocycles. The zero-order valence-corrected chi connectivity index (χ0v) is 12.4. The normalized spacial score (nSPS) is 9.24. The van der Waals surface area contributed by atoms with Crippen LogP contribution >= 0.6 is 0 Å². The zero-order valence-electron chi connectivity index (χ0n) is 9.51. The zero-order chi connectivity index (χ0) is 11.4. The van der Waals surface area contributed by atoms with Crippen LogP contribution in [0, 0.1) is 13.0 Å². The van der Waals surface area contributed by atoms with Crippen molar-refractivity contribution in [2.75, 3.05) is 0 Å². The molecule has 0 aliphatic heterocycles. The molecule has 0 N–H and O–H groups in total. The van der Waals surface area contributed by atoms with E-state index in [1.54, 1.807) is 36.4 Å². The Bertz CT molecular complexity index is 477. The fraction of sp³-hybridized carbons (Fsp3) is 0.0714. The molecular formula is C14H11O2Y-. The smallest absolute Gasteiger partial charge is 0.341 e. The van der Waals surface area contributed by atoms with Gasteiger partial charge in [0.2, 0.25) is 0 Å². The second-order valence-electron chi connectivity index (χ2n) is 3.49. The van der Waals surface area contributed by atoms with Crippen molar-refractivity contribution in [1.29, 1.82) is 0 Å². The Morgan fingerprint density at radius 1 is 1.06 bits per heavy atom. The maximum Gasteiger partial charge on any atom is 0.341 e. The number of rotatable bonds is 2. The van der Waals surface area contributed by atoms with Gasteiger partial charge < -0.3 is 4.74 Å². The summed E-state index contributed by atoms with van der Waals surface area (Å²) in [6.45, 7) is 1.97. The third-order valence-electron chi connectivity index (χ3n) is 2.19. The van der Waals surface area contributed by atoms with Gasteiger partial charge in [0.15, 0.2) is 0 Å². The van der Waals surface area contributed by atoms with E-state index in [1.807, 2.05) is 19.1 Å². The van der Waals surface area contributed by atoms with Crippen LogP contribution in [0.2, 0.25) is 0 Å². The van der Waals surface area contributed by atoms with E-state index in [0.29, 0.717) is 11.3 Å². The van der Waals surface area contributed by atoms with Crippen molar-refractivity contribution in [2.24, 2.45) is 0 Å². The molecule has 0 unspecified atom stereocenters. The predicted octanol–water partition coefficient (Wildman–Crippen LogP) is 3.01. The number of esters is 1. The van der Waals surface area contributed by atoms with Gasteiger partial charge in [0, 0.05) is 38.5 Å². The largest absolute Gasteiger partial charge is 0.450 e. The number of hydrogen-bond donors (Lipinski definition) is 0. The van der Waals surface area contributed by atoms with E-state index in [0.717, 1.165) is 5.56 Å². The van der Waals surface area contributed by atoms with Crippen molar-refractivity contribution < 1.29 is 42.2 Å². The van der Waals surface area contributed by atoms with Gasteiger partial charge in [-0.15, -0.1) is 12.1 Å². The van der Waals surface area contributed by atoms with Gasteiger partial charge in [-0.05, 0) is 19.1 Å². The van der Waals surface area contributed by atoms with Crippen LogP contribution in [0.25, 0.3) is 0 Å². The van der Waals surface area contributed by atoms with Crippen LogP contribution in [0.1, 0.15) is 15.9 Å². The fourth-order valence-electron chi connectivity index (χ4n) is 1.30. The molecule has 17 heavy (non-hydrogen) atoms. The molecule has 1 radical (unpaired) electrons. The summed E-state index contributed by atoms with van der Waals surface area (Å²) in [5.74, 6) is 0.190. The number of aryl methyl sites for hydroxylation is 1. The number of carbonyl (C=O) groups excluding carboxylic acids is 1. The molecule has 2 aromatic rings. The topological polar surface area (TPSA) is 26.3 Å². The molecule has 3 heteroatoms. The molecule has 0 atom stereocenters. The SMILES string of the molecule is Cc1ccc(C(=O)Oc2cc[c-]cc2)cc1.[Y]. The van der Waals surface area contributed by atoms with Crippen molar-refractivity contribution in [3.63, 3.8) is 0 Å². The van der Waals surface area contributed by atoms with E-state index in [2.05, 4.69) is 6.07 Å². The molecule has 0 saturated heterocycles. The fourth-order valence-corrected chi connectivity index (χ4v) is 1.30. The van der Waals surface area contributed by atoms with Gasteiger partial charge in [0.25, 0.3) is 0 Å². The molecule has 0 aromatic heterocycles. The van der Waals surface area contributed by atoms with Gasteiger partial charge >= 0.3 is 5.97 Å². The number of ether oxygens (including phenoxy) is 1. The van der Waals surface area contributed by atoms with E-state index >= 15 is 0 Å². The minimum atomic E-state index is -0.341. The monoisotopic (exact) mass is 300 g/mol. The van der Waals surface area contributed by atoms with E-state index in [9.17, 15) is 4.79 Å². The van der Waals surface area contributed by atoms with Gasteiger partial charge in [-0.25, -0.2) is 4.79 Å². The first-order valence-corrected chi connectivity index (χ1v) is 5.01. The first-order chi connectivity index (χ1) is 7.75. The summed E-state index contributed by atoms with van der Waals surface area (Å²) < 4.78 is 5.18. The summed E-state index contributed by atoms with van der Waals surface area (Å²) in [4.78, 5) is 11.7. The minimum Gasteiger partial charge on any atom is -0.450 e. The van der Waals surface area contributed by atoms with Crippen LogP contribution < -0.4 is 4.74 Å². The van der Waals surface area contributed by atoms with Crippen molar-refractivity contribution in [3.8, 4) is 5.75 Å². The van der Waals surface area contributed by atoms with Crippen LogP contribution in [0.15, 0.2) is 48.5 Å². The van der Waals surface area contributed by atoms with Crippen molar-refractivity contribution in [2.45, 2.75) is 6.92 Å². The van der Waals surface area contributed by atoms with Crippen LogP contribution in [0.3, 0.4) is 0 Å². The molecule has 0 aliphatic carbocycles. The second-order valence-corrected chi connectivity index (χ2v) is 3.49. The summed E-state index contributed by atoms with van der Waals surface area (Å²) in [5, 5.41) is 0. The quantitative estimate of drug-likeness (QED) is 0.484. The van der Waals surface area contributed by atoms with E-state index < -0.39 is 0 Å². The summed E-state index contributed by atoms with van der Waals surface area (Å²) in [7, 11) is 0. The van der Waals surface area contributed by atoms with Gasteiger partial charge in [0.05, 0.1) is 5.56 Å². The van der Waals surface area contributed by atoms with Gasteiger partial charge in [-0.3, -0.25) is 0 Å². The summed E-state index contributed by atoms with van der Waals surface area (Å²) >= 11 is 0. The summed E-state index contributed by atoms with van der Waals surface area (Å²) in [6.07, 6.45) is 0. The Morgan fingerprint density at radius 3 is 2.24 bits per heavy atom. The Kier molecular flexibility index (Phi) is 5.53. The number of benzene rings is 2. The Balaban J connectivity index is 0.00000144. The standard InChI is InChI=1S/C14H11O2.Y/c1-11-7-9-12(10-8-11)14(15)16-13-5-3-2-4-6-13;/h3-10H,1H3;/q-1;. The van der Waals surface area contributed by atoms with E-state index in [4.69, 9.17) is 4.74 Å². The van der Waals surface area contributed by atoms with Crippen LogP contribution in [0.4, 0.5) is 0 Å². The van der Waals surface area contributed by atoms with Crippen molar-refractivity contribution in [1.82, 2.24) is 0 Å². The molecule has 2 rings (SSSR count). The van der Waals surface area contributed by atoms with Crippen LogP contribution in [0.5, 0.6) is 5.75 Å². The van der Waals surface area contributed by atoms with Crippen molar-refractivity contribution >= 4 is 5.97 Å². The third kappa shape index (κ3) is 4.06. The molecule has 0 spiro atoms. The van der Waals surface area contributed by atoms with Crippen molar-refractivity contribution in [3.05, 3.63) is 65.7 Å². The first kappa shape index (κ1) is 14.1. The molecule has 2 nitrogen and oxygen atoms in total. The minimum absolute atomic E-state index is 0. The number of carbonyl (C=O) groups is 1. The molecule has 0 heterocycles. The van der Waals surface area contributed by atoms with Gasteiger partial charge in [-0.2, -0.15) is 18.2 Å². The molecule has 0 saturated carbocycles. The third-order valence-corrected chi connectivity index (χ3v) is 2.19. The Hall–Kier alpha value is -0.986. The van der Waals surface area contributed by atoms with E-state index in [1.165, 1.54) is 0 Å². The maximum atomic E-state index is 11.7. The maximum absolute atomic E-state index is 11.7. The predicted molar refractivity (Wildman–Crippen MR) is 61.4 cm³/mol. The first-order valence-electron chi connectivity index (χ1n) is 5.01. The summed E-state index contributed by atoms with van der Waals surface area (Å²) in [6, 6.07) is 17.0. The molecular weight excluding hydrogens is 289 g/mol. The van der Waals surface area contributed by atoms with Crippen LogP contribution in [-0.2, 0) is 32.7 Å². The Labute approximate surface area is 126 Å². The summed E-state index contributed by atoms with van der Waals surface area (Å²) in [5.41, 5.74) is 1.67. The molecule has 83 valence electrons. The molecule has 0 aliphatic rings. The van der Waals surface area contributed by atoms with Gasteiger partial charge in [-0.1, -0.05) is 17.7 Å². The average Bonchev–Trinajstić information content (AvgIpc) is 2.31. The van der Waals surface area contributed by atoms with Gasteiger partial charge in [0.1, 0.15) is 0 Å². The molecule has 0 fully saturated rings. The molecule has 0 amide bonds. The van der Waals surface area contributed by atoms with Crippen LogP contribution in [-0.4, -0.2) is 5.97 Å². The number of hydrogen-bond acceptors (Lipinski definition) is 2. The average molecular weight is 300 g/mol. The van der Waals surface area contributed by atoms with E-state index in [-0.39, 0.29) is 38.7 Å². The molecule has 0 bridgehead atoms. The second kappa shape index (κ2) is 6.68.